The number of nitrogens with one attached hydrogen (secondary N) is 1. The number of rotatable bonds is 5. The highest BCUT2D eigenvalue weighted by atomic mass is 35.5. The molecule has 162 valence electrons. The molecule has 1 aliphatic heterocycles. The molecule has 0 spiro atoms. The average Bonchev–Trinajstić information content (AvgIpc) is 2.98. The molecule has 4 rings (SSSR count). The van der Waals surface area contributed by atoms with Gasteiger partial charge in [-0.15, -0.1) is 0 Å². The van der Waals surface area contributed by atoms with Gasteiger partial charge in [0.05, 0.1) is 12.1 Å². The number of nitrogens with zero attached hydrogens (tertiary/aromatic N) is 1. The molecule has 32 heavy (non-hydrogen) atoms. The van der Waals surface area contributed by atoms with Gasteiger partial charge in [-0.2, -0.15) is 0 Å². The fourth-order valence-corrected chi connectivity index (χ4v) is 3.99. The number of carbonyl (C=O) groups excluding carboxylic acids is 2. The summed E-state index contributed by atoms with van der Waals surface area (Å²) in [5, 5.41) is 4.24. The minimum absolute atomic E-state index is 0.0888. The topological polar surface area (TPSA) is 49.4 Å². The molecule has 3 aromatic rings. The van der Waals surface area contributed by atoms with Crippen molar-refractivity contribution >= 4 is 46.3 Å². The quantitative estimate of drug-likeness (QED) is 0.449. The van der Waals surface area contributed by atoms with Crippen molar-refractivity contribution in [1.29, 1.82) is 0 Å². The molecule has 0 saturated carbocycles. The summed E-state index contributed by atoms with van der Waals surface area (Å²) in [7, 11) is 0. The van der Waals surface area contributed by atoms with E-state index in [0.717, 1.165) is 16.7 Å². The first-order chi connectivity index (χ1) is 15.3. The Morgan fingerprint density at radius 3 is 2.19 bits per heavy atom. The van der Waals surface area contributed by atoms with Crippen LogP contribution in [0.25, 0.3) is 5.57 Å². The highest BCUT2D eigenvalue weighted by Crippen LogP contribution is 2.33. The zero-order chi connectivity index (χ0) is 23.0. The lowest BCUT2D eigenvalue weighted by atomic mass is 9.99. The lowest BCUT2D eigenvalue weighted by molar-refractivity contribution is -0.137. The van der Waals surface area contributed by atoms with Crippen molar-refractivity contribution in [2.45, 2.75) is 27.3 Å². The second-order valence-electron chi connectivity index (χ2n) is 7.93. The van der Waals surface area contributed by atoms with E-state index >= 15 is 0 Å². The Labute approximate surface area is 197 Å². The van der Waals surface area contributed by atoms with Crippen LogP contribution in [0.3, 0.4) is 0 Å². The molecule has 6 heteroatoms. The Morgan fingerprint density at radius 2 is 1.50 bits per heavy atom. The van der Waals surface area contributed by atoms with E-state index in [1.165, 1.54) is 4.90 Å². The summed E-state index contributed by atoms with van der Waals surface area (Å²) in [6.45, 7) is 5.98. The molecule has 0 atom stereocenters. The minimum Gasteiger partial charge on any atom is -0.350 e. The molecule has 0 radical (unpaired) electrons. The Hall–Kier alpha value is -3.08. The predicted octanol–water partition coefficient (Wildman–Crippen LogP) is 6.31. The second-order valence-corrected chi connectivity index (χ2v) is 8.74. The van der Waals surface area contributed by atoms with Crippen LogP contribution < -0.4 is 5.32 Å². The van der Waals surface area contributed by atoms with Gasteiger partial charge in [0.1, 0.15) is 5.70 Å². The van der Waals surface area contributed by atoms with Crippen LogP contribution in [0.5, 0.6) is 0 Å². The van der Waals surface area contributed by atoms with E-state index in [0.29, 0.717) is 32.4 Å². The first kappa shape index (κ1) is 22.1. The molecule has 1 heterocycles. The van der Waals surface area contributed by atoms with E-state index in [4.69, 9.17) is 23.2 Å². The van der Waals surface area contributed by atoms with Gasteiger partial charge in [-0.3, -0.25) is 14.5 Å². The summed E-state index contributed by atoms with van der Waals surface area (Å²) in [5.41, 5.74) is 5.67. The van der Waals surface area contributed by atoms with Gasteiger partial charge in [-0.1, -0.05) is 65.7 Å². The Morgan fingerprint density at radius 1 is 0.781 bits per heavy atom. The summed E-state index contributed by atoms with van der Waals surface area (Å²) in [6, 6.07) is 18.4. The summed E-state index contributed by atoms with van der Waals surface area (Å²) in [4.78, 5) is 28.1. The van der Waals surface area contributed by atoms with E-state index in [-0.39, 0.29) is 18.1 Å². The zero-order valence-electron chi connectivity index (χ0n) is 18.0. The Kier molecular flexibility index (Phi) is 6.09. The van der Waals surface area contributed by atoms with Crippen LogP contribution in [0.15, 0.2) is 66.4 Å². The monoisotopic (exact) mass is 464 g/mol. The van der Waals surface area contributed by atoms with Crippen molar-refractivity contribution in [3.8, 4) is 0 Å². The number of aryl methyl sites for hydroxylation is 3. The van der Waals surface area contributed by atoms with E-state index in [2.05, 4.69) is 5.32 Å². The fourth-order valence-electron chi connectivity index (χ4n) is 3.61. The fraction of sp³-hybridized carbons (Fsp3) is 0.154. The second kappa shape index (κ2) is 8.81. The third-order valence-electron chi connectivity index (χ3n) is 5.69. The van der Waals surface area contributed by atoms with E-state index in [9.17, 15) is 9.59 Å². The number of halogens is 2. The largest absolute Gasteiger partial charge is 0.350 e. The molecular weight excluding hydrogens is 443 g/mol. The van der Waals surface area contributed by atoms with Crippen molar-refractivity contribution in [3.05, 3.63) is 104 Å². The van der Waals surface area contributed by atoms with E-state index < -0.39 is 5.91 Å². The lowest BCUT2D eigenvalue weighted by Gasteiger charge is -2.16. The number of imide groups is 1. The van der Waals surface area contributed by atoms with Gasteiger partial charge in [0.25, 0.3) is 11.8 Å². The zero-order valence-corrected chi connectivity index (χ0v) is 19.5. The summed E-state index contributed by atoms with van der Waals surface area (Å²) in [6.07, 6.45) is 0. The third-order valence-corrected chi connectivity index (χ3v) is 6.47. The maximum atomic E-state index is 13.5. The van der Waals surface area contributed by atoms with Crippen LogP contribution in [-0.2, 0) is 16.1 Å². The summed E-state index contributed by atoms with van der Waals surface area (Å²) < 4.78 is 0. The number of hydrogen-bond acceptors (Lipinski definition) is 3. The summed E-state index contributed by atoms with van der Waals surface area (Å²) in [5.74, 6) is -0.765. The first-order valence-electron chi connectivity index (χ1n) is 10.2. The molecule has 0 aliphatic carbocycles. The van der Waals surface area contributed by atoms with Crippen LogP contribution in [0, 0.1) is 20.8 Å². The predicted molar refractivity (Wildman–Crippen MR) is 130 cm³/mol. The van der Waals surface area contributed by atoms with Gasteiger partial charge >= 0.3 is 0 Å². The van der Waals surface area contributed by atoms with Crippen molar-refractivity contribution in [1.82, 2.24) is 4.90 Å². The maximum Gasteiger partial charge on any atom is 0.278 e. The Bertz CT molecular complexity index is 1280. The molecule has 1 aliphatic rings. The number of hydrogen-bond donors (Lipinski definition) is 1. The van der Waals surface area contributed by atoms with Gasteiger partial charge < -0.3 is 5.32 Å². The molecule has 0 unspecified atom stereocenters. The lowest BCUT2D eigenvalue weighted by Crippen LogP contribution is -2.32. The molecule has 0 bridgehead atoms. The van der Waals surface area contributed by atoms with Crippen LogP contribution in [0.4, 0.5) is 5.69 Å². The SMILES string of the molecule is Cc1ccc(C2=C(Nc3ccc(C)c(Cl)c3)C(=O)N(Cc3ccccc3Cl)C2=O)cc1C. The normalized spacial score (nSPS) is 13.8. The number of carbonyl (C=O) groups is 2. The average molecular weight is 465 g/mol. The van der Waals surface area contributed by atoms with Gasteiger partial charge in [0.2, 0.25) is 0 Å². The molecule has 0 fully saturated rings. The third kappa shape index (κ3) is 4.16. The minimum atomic E-state index is -0.403. The van der Waals surface area contributed by atoms with Gasteiger partial charge in [0.15, 0.2) is 0 Å². The van der Waals surface area contributed by atoms with Crippen LogP contribution in [-0.4, -0.2) is 16.7 Å². The maximum absolute atomic E-state index is 13.5. The Balaban J connectivity index is 1.79. The van der Waals surface area contributed by atoms with Crippen molar-refractivity contribution in [2.75, 3.05) is 5.32 Å². The van der Waals surface area contributed by atoms with E-state index in [1.54, 1.807) is 12.1 Å². The van der Waals surface area contributed by atoms with Gasteiger partial charge in [-0.05, 0) is 66.8 Å². The highest BCUT2D eigenvalue weighted by molar-refractivity contribution is 6.37. The van der Waals surface area contributed by atoms with Crippen LogP contribution in [0.1, 0.15) is 27.8 Å². The summed E-state index contributed by atoms with van der Waals surface area (Å²) >= 11 is 12.6. The van der Waals surface area contributed by atoms with Crippen molar-refractivity contribution in [2.24, 2.45) is 0 Å². The van der Waals surface area contributed by atoms with Crippen molar-refractivity contribution < 1.29 is 9.59 Å². The number of amides is 2. The van der Waals surface area contributed by atoms with E-state index in [1.807, 2.05) is 69.3 Å². The molecular formula is C26H22Cl2N2O2. The molecule has 0 saturated heterocycles. The standard InChI is InChI=1S/C26H22Cl2N2O2/c1-15-8-10-18(12-17(15)3)23-24(29-20-11-9-16(2)22(28)13-20)26(32)30(25(23)31)14-19-6-4-5-7-21(19)27/h4-13,29H,14H2,1-3H3. The number of anilines is 1. The van der Waals surface area contributed by atoms with Crippen LogP contribution in [0.2, 0.25) is 10.0 Å². The molecule has 2 amide bonds. The number of benzene rings is 3. The van der Waals surface area contributed by atoms with Crippen molar-refractivity contribution in [3.63, 3.8) is 0 Å². The molecule has 0 aromatic heterocycles. The molecule has 3 aromatic carbocycles. The molecule has 4 nitrogen and oxygen atoms in total. The highest BCUT2D eigenvalue weighted by Gasteiger charge is 2.39. The van der Waals surface area contributed by atoms with Gasteiger partial charge in [-0.25, -0.2) is 0 Å². The molecule has 1 N–H and O–H groups in total. The van der Waals surface area contributed by atoms with Crippen LogP contribution >= 0.6 is 23.2 Å². The smallest absolute Gasteiger partial charge is 0.278 e. The first-order valence-corrected chi connectivity index (χ1v) is 11.0. The van der Waals surface area contributed by atoms with Gasteiger partial charge in [0, 0.05) is 15.7 Å².